The predicted octanol–water partition coefficient (Wildman–Crippen LogP) is 4.77. The van der Waals surface area contributed by atoms with Crippen LogP contribution in [0, 0.1) is 11.7 Å². The Hall–Kier alpha value is -2.08. The zero-order valence-corrected chi connectivity index (χ0v) is 19.2. The van der Waals surface area contributed by atoms with Crippen molar-refractivity contribution in [3.63, 3.8) is 0 Å². The molecule has 3 rings (SSSR count). The van der Waals surface area contributed by atoms with Crippen molar-refractivity contribution in [2.45, 2.75) is 83.9 Å². The first-order valence-electron chi connectivity index (χ1n) is 10.8. The van der Waals surface area contributed by atoms with Crippen molar-refractivity contribution in [3.8, 4) is 5.75 Å². The second-order valence-electron chi connectivity index (χ2n) is 10.1. The number of amides is 1. The lowest BCUT2D eigenvalue weighted by Crippen LogP contribution is -2.57. The molecule has 5 nitrogen and oxygen atoms in total. The van der Waals surface area contributed by atoms with Crippen LogP contribution in [0.25, 0.3) is 10.9 Å². The number of carbonyl (C=O) groups excluding carboxylic acids is 1. The third-order valence-electron chi connectivity index (χ3n) is 6.43. The van der Waals surface area contributed by atoms with Crippen LogP contribution >= 0.6 is 0 Å². The van der Waals surface area contributed by atoms with Crippen molar-refractivity contribution in [1.29, 1.82) is 0 Å². The number of halogens is 1. The lowest BCUT2D eigenvalue weighted by Gasteiger charge is -2.47. The van der Waals surface area contributed by atoms with Crippen LogP contribution in [0.2, 0.25) is 0 Å². The average molecular weight is 419 g/mol. The molecule has 1 amide bonds. The van der Waals surface area contributed by atoms with Crippen LogP contribution in [-0.2, 0) is 10.2 Å². The van der Waals surface area contributed by atoms with Gasteiger partial charge in [0.25, 0.3) is 0 Å². The van der Waals surface area contributed by atoms with Gasteiger partial charge in [-0.1, -0.05) is 6.92 Å². The fraction of sp³-hybridized carbons (Fsp3) is 0.625. The molecule has 0 bridgehead atoms. The smallest absolute Gasteiger partial charge is 0.233 e. The van der Waals surface area contributed by atoms with Gasteiger partial charge in [0.05, 0.1) is 18.1 Å². The van der Waals surface area contributed by atoms with E-state index in [2.05, 4.69) is 18.8 Å². The summed E-state index contributed by atoms with van der Waals surface area (Å²) in [4.78, 5) is 19.0. The largest absolute Gasteiger partial charge is 0.494 e. The summed E-state index contributed by atoms with van der Waals surface area (Å²) in [6.45, 7) is 11.5. The number of H-pyrrole nitrogens is 1. The summed E-state index contributed by atoms with van der Waals surface area (Å²) in [6, 6.07) is 3.35. The van der Waals surface area contributed by atoms with E-state index < -0.39 is 16.8 Å². The molecule has 1 fully saturated rings. The summed E-state index contributed by atoms with van der Waals surface area (Å²) >= 11 is 0. The highest BCUT2D eigenvalue weighted by Gasteiger charge is 2.44. The predicted molar refractivity (Wildman–Crippen MR) is 117 cm³/mol. The average Bonchev–Trinajstić information content (AvgIpc) is 3.05. The molecule has 2 aromatic rings. The molecular weight excluding hydrogens is 383 g/mol. The molecule has 0 spiro atoms. The highest BCUT2D eigenvalue weighted by atomic mass is 19.1. The van der Waals surface area contributed by atoms with Crippen molar-refractivity contribution >= 4 is 16.8 Å². The molecule has 1 aromatic heterocycles. The van der Waals surface area contributed by atoms with E-state index in [1.54, 1.807) is 32.2 Å². The molecule has 1 aliphatic rings. The molecule has 30 heavy (non-hydrogen) atoms. The number of piperidine rings is 1. The fourth-order valence-electron chi connectivity index (χ4n) is 5.11. The zero-order valence-electron chi connectivity index (χ0n) is 19.2. The highest BCUT2D eigenvalue weighted by Crippen LogP contribution is 2.40. The molecule has 3 atom stereocenters. The Kier molecular flexibility index (Phi) is 5.93. The Labute approximate surface area is 178 Å². The molecule has 2 N–H and O–H groups in total. The number of methoxy groups -OCH3 is 1. The third kappa shape index (κ3) is 4.07. The first-order chi connectivity index (χ1) is 13.9. The second kappa shape index (κ2) is 7.88. The van der Waals surface area contributed by atoms with Crippen molar-refractivity contribution in [3.05, 3.63) is 29.7 Å². The normalized spacial score (nSPS) is 23.1. The Balaban J connectivity index is 2.04. The van der Waals surface area contributed by atoms with E-state index in [4.69, 9.17) is 4.74 Å². The van der Waals surface area contributed by atoms with Crippen LogP contribution in [0.1, 0.15) is 66.4 Å². The van der Waals surface area contributed by atoms with E-state index in [1.165, 1.54) is 7.11 Å². The summed E-state index contributed by atoms with van der Waals surface area (Å²) in [7, 11) is 1.44. The van der Waals surface area contributed by atoms with Gasteiger partial charge in [0.2, 0.25) is 5.91 Å². The minimum absolute atomic E-state index is 0.0423. The number of aliphatic hydroxyl groups is 1. The number of aromatic amines is 1. The molecule has 3 unspecified atom stereocenters. The lowest BCUT2D eigenvalue weighted by molar-refractivity contribution is -0.145. The van der Waals surface area contributed by atoms with Crippen molar-refractivity contribution in [2.24, 2.45) is 5.92 Å². The second-order valence-corrected chi connectivity index (χ2v) is 10.1. The van der Waals surface area contributed by atoms with Gasteiger partial charge in [-0.3, -0.25) is 4.79 Å². The molecule has 166 valence electrons. The molecule has 1 aliphatic heterocycles. The van der Waals surface area contributed by atoms with Crippen LogP contribution in [-0.4, -0.2) is 45.7 Å². The number of likely N-dealkylation sites (tertiary alicyclic amines) is 1. The molecule has 0 aliphatic carbocycles. The first kappa shape index (κ1) is 22.6. The van der Waals surface area contributed by atoms with Gasteiger partial charge in [-0.25, -0.2) is 4.39 Å². The van der Waals surface area contributed by atoms with Gasteiger partial charge in [0.1, 0.15) is 0 Å². The van der Waals surface area contributed by atoms with Crippen molar-refractivity contribution in [2.75, 3.05) is 7.11 Å². The van der Waals surface area contributed by atoms with E-state index in [-0.39, 0.29) is 23.7 Å². The van der Waals surface area contributed by atoms with Gasteiger partial charge in [0.15, 0.2) is 11.6 Å². The number of nitrogens with one attached hydrogen (secondary N) is 1. The van der Waals surface area contributed by atoms with Crippen LogP contribution in [0.4, 0.5) is 4.39 Å². The lowest BCUT2D eigenvalue weighted by atomic mass is 9.78. The van der Waals surface area contributed by atoms with Gasteiger partial charge in [-0.2, -0.15) is 0 Å². The van der Waals surface area contributed by atoms with Crippen molar-refractivity contribution < 1.29 is 19.0 Å². The van der Waals surface area contributed by atoms with E-state index in [1.807, 2.05) is 18.7 Å². The maximum absolute atomic E-state index is 15.1. The standard InChI is InChI=1S/C24H35FN2O3/c1-14-10-15(2)27(16(11-14)12-23(3,4)29)22(28)24(5,6)17-13-26-18-8-9-19(30-7)21(25)20(17)18/h8-9,13-16,26,29H,10-12H2,1-7H3. The monoisotopic (exact) mass is 418 g/mol. The molecular formula is C24H35FN2O3. The Morgan fingerprint density at radius 2 is 1.93 bits per heavy atom. The van der Waals surface area contributed by atoms with Crippen LogP contribution in [0.5, 0.6) is 5.75 Å². The van der Waals surface area contributed by atoms with Crippen LogP contribution in [0.3, 0.4) is 0 Å². The van der Waals surface area contributed by atoms with E-state index in [0.717, 1.165) is 12.8 Å². The van der Waals surface area contributed by atoms with E-state index >= 15 is 4.39 Å². The number of fused-ring (bicyclic) bond motifs is 1. The zero-order chi connectivity index (χ0) is 22.4. The number of hydrogen-bond acceptors (Lipinski definition) is 3. The number of hydrogen-bond donors (Lipinski definition) is 2. The number of ether oxygens (including phenoxy) is 1. The van der Waals surface area contributed by atoms with Crippen molar-refractivity contribution in [1.82, 2.24) is 9.88 Å². The molecule has 1 saturated heterocycles. The summed E-state index contributed by atoms with van der Waals surface area (Å²) in [6.07, 6.45) is 4.01. The van der Waals surface area contributed by atoms with E-state index in [0.29, 0.717) is 28.8 Å². The summed E-state index contributed by atoms with van der Waals surface area (Å²) in [5.74, 6) is 0.140. The van der Waals surface area contributed by atoms with Crippen LogP contribution in [0.15, 0.2) is 18.3 Å². The number of benzene rings is 1. The highest BCUT2D eigenvalue weighted by molar-refractivity contribution is 5.95. The maximum Gasteiger partial charge on any atom is 0.233 e. The molecule has 0 radical (unpaired) electrons. The number of rotatable bonds is 5. The molecule has 2 heterocycles. The van der Waals surface area contributed by atoms with E-state index in [9.17, 15) is 9.90 Å². The van der Waals surface area contributed by atoms with Gasteiger partial charge >= 0.3 is 0 Å². The minimum atomic E-state index is -0.946. The van der Waals surface area contributed by atoms with Gasteiger partial charge < -0.3 is 19.7 Å². The van der Waals surface area contributed by atoms with Gasteiger partial charge in [0, 0.05) is 29.2 Å². The molecule has 6 heteroatoms. The SMILES string of the molecule is COc1ccc2[nH]cc(C(C)(C)C(=O)N3C(C)CC(C)CC3CC(C)(C)O)c2c1F. The fourth-order valence-corrected chi connectivity index (χ4v) is 5.11. The number of carbonyl (C=O) groups is 1. The quantitative estimate of drug-likeness (QED) is 0.735. The van der Waals surface area contributed by atoms with Gasteiger partial charge in [-0.05, 0) is 77.5 Å². The Morgan fingerprint density at radius 1 is 1.27 bits per heavy atom. The number of nitrogens with zero attached hydrogens (tertiary/aromatic N) is 1. The molecule has 1 aromatic carbocycles. The number of aromatic nitrogens is 1. The summed E-state index contributed by atoms with van der Waals surface area (Å²) in [5.41, 5.74) is -0.563. The Morgan fingerprint density at radius 3 is 2.53 bits per heavy atom. The first-order valence-corrected chi connectivity index (χ1v) is 10.8. The Bertz CT molecular complexity index is 928. The molecule has 0 saturated carbocycles. The maximum atomic E-state index is 15.1. The van der Waals surface area contributed by atoms with Crippen LogP contribution < -0.4 is 4.74 Å². The third-order valence-corrected chi connectivity index (χ3v) is 6.43. The summed E-state index contributed by atoms with van der Waals surface area (Å²) in [5, 5.41) is 10.9. The topological polar surface area (TPSA) is 65.6 Å². The minimum Gasteiger partial charge on any atom is -0.494 e. The van der Waals surface area contributed by atoms with Gasteiger partial charge in [-0.15, -0.1) is 0 Å². The summed E-state index contributed by atoms with van der Waals surface area (Å²) < 4.78 is 20.3.